The number of carbonyl (C=O) groups is 2. The molecule has 6 aromatic carbocycles. The number of aromatic hydroxyl groups is 1. The van der Waals surface area contributed by atoms with Gasteiger partial charge in [0.2, 0.25) is 0 Å². The smallest absolute Gasteiger partial charge is 0.336 e. The number of phenolic OH excluding ortho intramolecular Hbond substituents is 1. The van der Waals surface area contributed by atoms with Crippen LogP contribution in [0.15, 0.2) is 158 Å². The van der Waals surface area contributed by atoms with Crippen LogP contribution in [0.25, 0.3) is 33.4 Å². The molecule has 0 radical (unpaired) electrons. The molecule has 222 valence electrons. The normalized spacial score (nSPS) is 12.8. The predicted octanol–water partition coefficient (Wildman–Crippen LogP) is 8.64. The lowest BCUT2D eigenvalue weighted by Gasteiger charge is -2.34. The Bertz CT molecular complexity index is 2080. The van der Waals surface area contributed by atoms with Crippen molar-refractivity contribution in [3.63, 3.8) is 0 Å². The minimum absolute atomic E-state index is 0.149. The molecule has 5 nitrogen and oxygen atoms in total. The average Bonchev–Trinajstić information content (AvgIpc) is 3.39. The second kappa shape index (κ2) is 11.7. The highest BCUT2D eigenvalue weighted by Crippen LogP contribution is 2.57. The average molecular weight is 601 g/mol. The third kappa shape index (κ3) is 4.84. The standard InChI is InChI=1S/C41H28O5/c42-37-25-29(19-21-31(37)27-11-3-1-4-12-27)41(35-17-9-7-15-33(35)34-16-8-10-18-36(34)41)30-20-22-32(28-13-5-2-6-14-28)38(26-30)46-40(45)24-23-39(43)44/h1-26,42H,(H,43,44). The quantitative estimate of drug-likeness (QED) is 0.109. The summed E-state index contributed by atoms with van der Waals surface area (Å²) in [5.74, 6) is -1.61. The molecule has 7 rings (SSSR count). The first-order chi connectivity index (χ1) is 22.5. The molecule has 2 N–H and O–H groups in total. The van der Waals surface area contributed by atoms with E-state index in [-0.39, 0.29) is 11.5 Å². The van der Waals surface area contributed by atoms with Crippen LogP contribution in [0, 0.1) is 0 Å². The number of carboxylic acids is 1. The van der Waals surface area contributed by atoms with E-state index in [1.807, 2.05) is 121 Å². The second-order valence-electron chi connectivity index (χ2n) is 11.1. The fourth-order valence-corrected chi connectivity index (χ4v) is 6.63. The molecule has 0 aliphatic heterocycles. The van der Waals surface area contributed by atoms with Gasteiger partial charge in [-0.25, -0.2) is 9.59 Å². The molecule has 0 saturated carbocycles. The highest BCUT2D eigenvalue weighted by Gasteiger charge is 2.46. The van der Waals surface area contributed by atoms with Gasteiger partial charge in [-0.05, 0) is 56.6 Å². The molecule has 0 bridgehead atoms. The summed E-state index contributed by atoms with van der Waals surface area (Å²) < 4.78 is 5.87. The number of benzene rings is 6. The fraction of sp³-hybridized carbons (Fsp3) is 0.0244. The van der Waals surface area contributed by atoms with Crippen LogP contribution in [0.5, 0.6) is 11.5 Å². The number of rotatable bonds is 7. The number of hydrogen-bond acceptors (Lipinski definition) is 4. The molecule has 0 atom stereocenters. The monoisotopic (exact) mass is 600 g/mol. The van der Waals surface area contributed by atoms with Gasteiger partial charge in [0.05, 0.1) is 5.41 Å². The number of carboxylic acid groups (broad SMARTS) is 1. The molecule has 0 spiro atoms. The van der Waals surface area contributed by atoms with Crippen molar-refractivity contribution < 1.29 is 24.5 Å². The number of fused-ring (bicyclic) bond motifs is 3. The molecule has 0 aromatic heterocycles. The summed E-state index contributed by atoms with van der Waals surface area (Å²) in [6.07, 6.45) is 1.66. The molecule has 1 aliphatic rings. The van der Waals surface area contributed by atoms with E-state index in [0.717, 1.165) is 62.2 Å². The SMILES string of the molecule is O=C(O)C=CC(=O)Oc1cc(C2(c3ccc(-c4ccccc4)c(O)c3)c3ccccc3-c3ccccc32)ccc1-c1ccccc1. The topological polar surface area (TPSA) is 83.8 Å². The highest BCUT2D eigenvalue weighted by molar-refractivity contribution is 5.93. The molecule has 0 fully saturated rings. The zero-order chi connectivity index (χ0) is 31.7. The lowest BCUT2D eigenvalue weighted by molar-refractivity contribution is -0.133. The van der Waals surface area contributed by atoms with Crippen molar-refractivity contribution in [3.05, 3.63) is 180 Å². The van der Waals surface area contributed by atoms with Crippen LogP contribution in [0.1, 0.15) is 22.3 Å². The first-order valence-corrected chi connectivity index (χ1v) is 14.9. The van der Waals surface area contributed by atoms with Gasteiger partial charge in [-0.3, -0.25) is 0 Å². The van der Waals surface area contributed by atoms with Gasteiger partial charge >= 0.3 is 11.9 Å². The lowest BCUT2D eigenvalue weighted by Crippen LogP contribution is -2.28. The van der Waals surface area contributed by atoms with E-state index < -0.39 is 17.4 Å². The van der Waals surface area contributed by atoms with Gasteiger partial charge in [-0.15, -0.1) is 0 Å². The van der Waals surface area contributed by atoms with E-state index in [1.165, 1.54) is 0 Å². The van der Waals surface area contributed by atoms with E-state index in [0.29, 0.717) is 5.56 Å². The Labute approximate surface area is 266 Å². The van der Waals surface area contributed by atoms with Gasteiger partial charge in [-0.1, -0.05) is 133 Å². The lowest BCUT2D eigenvalue weighted by atomic mass is 9.67. The summed E-state index contributed by atoms with van der Waals surface area (Å²) in [5.41, 5.74) is 8.12. The van der Waals surface area contributed by atoms with Crippen LogP contribution in [-0.4, -0.2) is 22.2 Å². The van der Waals surface area contributed by atoms with Crippen molar-refractivity contribution >= 4 is 11.9 Å². The highest BCUT2D eigenvalue weighted by atomic mass is 16.5. The zero-order valence-electron chi connectivity index (χ0n) is 24.6. The van der Waals surface area contributed by atoms with Crippen molar-refractivity contribution in [1.82, 2.24) is 0 Å². The van der Waals surface area contributed by atoms with Crippen molar-refractivity contribution in [2.45, 2.75) is 5.41 Å². The fourth-order valence-electron chi connectivity index (χ4n) is 6.63. The maximum atomic E-state index is 12.9. The Morgan fingerprint density at radius 1 is 0.543 bits per heavy atom. The zero-order valence-corrected chi connectivity index (χ0v) is 24.6. The molecule has 0 heterocycles. The van der Waals surface area contributed by atoms with Crippen LogP contribution in [0.3, 0.4) is 0 Å². The van der Waals surface area contributed by atoms with Gasteiger partial charge in [-0.2, -0.15) is 0 Å². The van der Waals surface area contributed by atoms with Crippen molar-refractivity contribution in [2.24, 2.45) is 0 Å². The molecule has 0 amide bonds. The summed E-state index contributed by atoms with van der Waals surface area (Å²) >= 11 is 0. The van der Waals surface area contributed by atoms with Crippen molar-refractivity contribution in [1.29, 1.82) is 0 Å². The van der Waals surface area contributed by atoms with E-state index in [4.69, 9.17) is 9.84 Å². The minimum atomic E-state index is -1.24. The summed E-state index contributed by atoms with van der Waals surface area (Å²) in [6.45, 7) is 0. The maximum Gasteiger partial charge on any atom is 0.336 e. The van der Waals surface area contributed by atoms with Gasteiger partial charge < -0.3 is 14.9 Å². The van der Waals surface area contributed by atoms with Gasteiger partial charge in [0.25, 0.3) is 0 Å². The summed E-state index contributed by atoms with van der Waals surface area (Å²) in [5, 5.41) is 20.6. The largest absolute Gasteiger partial charge is 0.507 e. The van der Waals surface area contributed by atoms with E-state index in [1.54, 1.807) is 0 Å². The maximum absolute atomic E-state index is 12.9. The third-order valence-electron chi connectivity index (χ3n) is 8.54. The summed E-state index contributed by atoms with van der Waals surface area (Å²) in [4.78, 5) is 24.0. The van der Waals surface area contributed by atoms with Crippen LogP contribution >= 0.6 is 0 Å². The number of esters is 1. The van der Waals surface area contributed by atoms with Gasteiger partial charge in [0, 0.05) is 23.3 Å². The predicted molar refractivity (Wildman–Crippen MR) is 179 cm³/mol. The number of carbonyl (C=O) groups excluding carboxylic acids is 1. The van der Waals surface area contributed by atoms with Crippen LogP contribution in [-0.2, 0) is 15.0 Å². The van der Waals surface area contributed by atoms with Crippen molar-refractivity contribution in [3.8, 4) is 44.9 Å². The summed E-state index contributed by atoms with van der Waals surface area (Å²) in [6, 6.07) is 47.4. The first kappa shape index (κ1) is 28.6. The van der Waals surface area contributed by atoms with Crippen LogP contribution < -0.4 is 4.74 Å². The molecular weight excluding hydrogens is 572 g/mol. The molecule has 6 aromatic rings. The van der Waals surface area contributed by atoms with E-state index in [2.05, 4.69) is 24.3 Å². The van der Waals surface area contributed by atoms with E-state index in [9.17, 15) is 14.7 Å². The van der Waals surface area contributed by atoms with Gasteiger partial charge in [0.1, 0.15) is 11.5 Å². The molecule has 5 heteroatoms. The number of aliphatic carboxylic acids is 1. The minimum Gasteiger partial charge on any atom is -0.507 e. The van der Waals surface area contributed by atoms with Gasteiger partial charge in [0.15, 0.2) is 0 Å². The first-order valence-electron chi connectivity index (χ1n) is 14.9. The van der Waals surface area contributed by atoms with Crippen LogP contribution in [0.4, 0.5) is 0 Å². The third-order valence-corrected chi connectivity index (χ3v) is 8.54. The molecule has 0 saturated heterocycles. The number of phenols is 1. The summed E-state index contributed by atoms with van der Waals surface area (Å²) in [7, 11) is 0. The Kier molecular flexibility index (Phi) is 7.27. The Hall–Kier alpha value is -6.20. The molecular formula is C41H28O5. The van der Waals surface area contributed by atoms with E-state index >= 15 is 0 Å². The molecule has 1 aliphatic carbocycles. The second-order valence-corrected chi connectivity index (χ2v) is 11.1. The molecule has 46 heavy (non-hydrogen) atoms. The number of hydrogen-bond donors (Lipinski definition) is 2. The Balaban J connectivity index is 1.50. The van der Waals surface area contributed by atoms with Crippen molar-refractivity contribution in [2.75, 3.05) is 0 Å². The Morgan fingerprint density at radius 3 is 1.61 bits per heavy atom. The number of ether oxygens (including phenoxy) is 1. The molecule has 0 unspecified atom stereocenters. The van der Waals surface area contributed by atoms with Crippen LogP contribution in [0.2, 0.25) is 0 Å². The Morgan fingerprint density at radius 2 is 1.04 bits per heavy atom.